The number of carbonyl (C=O) groups excluding carboxylic acids is 1. The predicted octanol–water partition coefficient (Wildman–Crippen LogP) is 3.62. The van der Waals surface area contributed by atoms with E-state index in [1.807, 2.05) is 18.2 Å². The number of amides is 1. The molecule has 110 valence electrons. The van der Waals surface area contributed by atoms with Gasteiger partial charge < -0.3 is 10.3 Å². The Bertz CT molecular complexity index is 823. The number of H-pyrrole nitrogens is 1. The molecule has 1 aliphatic rings. The summed E-state index contributed by atoms with van der Waals surface area (Å²) in [5.41, 5.74) is 4.24. The molecule has 22 heavy (non-hydrogen) atoms. The number of aromatic nitrogens is 2. The zero-order chi connectivity index (χ0) is 14.9. The molecule has 4 nitrogen and oxygen atoms in total. The Morgan fingerprint density at radius 1 is 1.23 bits per heavy atom. The standard InChI is InChI=1S/C18H17N3O/c22-18(20-12-5-4-10-19-11-12)15-8-3-7-14-13-6-1-2-9-16(13)21-17(14)15/h1-2,4-6,9-11,15,21H,3,7-8H2,(H,20,22). The maximum Gasteiger partial charge on any atom is 0.233 e. The molecule has 0 saturated heterocycles. The van der Waals surface area contributed by atoms with Gasteiger partial charge in [-0.25, -0.2) is 0 Å². The predicted molar refractivity (Wildman–Crippen MR) is 86.8 cm³/mol. The molecule has 0 aliphatic heterocycles. The Kier molecular flexibility index (Phi) is 3.15. The minimum absolute atomic E-state index is 0.0421. The highest BCUT2D eigenvalue weighted by molar-refractivity contribution is 5.97. The average Bonchev–Trinajstić information content (AvgIpc) is 2.94. The third kappa shape index (κ3) is 2.17. The molecule has 2 N–H and O–H groups in total. The summed E-state index contributed by atoms with van der Waals surface area (Å²) in [6.45, 7) is 0. The summed E-state index contributed by atoms with van der Waals surface area (Å²) in [5, 5.41) is 4.22. The van der Waals surface area contributed by atoms with Crippen LogP contribution in [-0.2, 0) is 11.2 Å². The lowest BCUT2D eigenvalue weighted by molar-refractivity contribution is -0.117. The first-order valence-corrected chi connectivity index (χ1v) is 7.63. The highest BCUT2D eigenvalue weighted by Gasteiger charge is 2.29. The Balaban J connectivity index is 1.68. The minimum Gasteiger partial charge on any atom is -0.357 e. The molecular weight excluding hydrogens is 274 g/mol. The number of anilines is 1. The van der Waals surface area contributed by atoms with Crippen LogP contribution in [0.25, 0.3) is 10.9 Å². The summed E-state index contributed by atoms with van der Waals surface area (Å²) in [5.74, 6) is -0.0723. The zero-order valence-corrected chi connectivity index (χ0v) is 12.2. The van der Waals surface area contributed by atoms with Crippen molar-refractivity contribution in [3.63, 3.8) is 0 Å². The number of fused-ring (bicyclic) bond motifs is 3. The molecule has 0 fully saturated rings. The van der Waals surface area contributed by atoms with Crippen molar-refractivity contribution in [2.24, 2.45) is 0 Å². The molecule has 4 heteroatoms. The monoisotopic (exact) mass is 291 g/mol. The van der Waals surface area contributed by atoms with Crippen molar-refractivity contribution in [1.29, 1.82) is 0 Å². The van der Waals surface area contributed by atoms with Gasteiger partial charge in [0.25, 0.3) is 0 Å². The molecule has 2 heterocycles. The molecule has 0 saturated carbocycles. The molecule has 0 radical (unpaired) electrons. The van der Waals surface area contributed by atoms with Gasteiger partial charge in [0.2, 0.25) is 5.91 Å². The van der Waals surface area contributed by atoms with Gasteiger partial charge >= 0.3 is 0 Å². The average molecular weight is 291 g/mol. The van der Waals surface area contributed by atoms with E-state index in [0.717, 1.165) is 36.2 Å². The molecule has 1 aromatic carbocycles. The molecule has 2 aromatic heterocycles. The fraction of sp³-hybridized carbons (Fsp3) is 0.222. The van der Waals surface area contributed by atoms with Crippen LogP contribution >= 0.6 is 0 Å². The third-order valence-electron chi connectivity index (χ3n) is 4.36. The van der Waals surface area contributed by atoms with Crippen LogP contribution in [-0.4, -0.2) is 15.9 Å². The van der Waals surface area contributed by atoms with Crippen molar-refractivity contribution < 1.29 is 4.79 Å². The lowest BCUT2D eigenvalue weighted by atomic mass is 9.86. The van der Waals surface area contributed by atoms with Gasteiger partial charge in [0.15, 0.2) is 0 Å². The van der Waals surface area contributed by atoms with E-state index >= 15 is 0 Å². The number of rotatable bonds is 2. The number of aromatic amines is 1. The summed E-state index contributed by atoms with van der Waals surface area (Å²) >= 11 is 0. The first-order valence-electron chi connectivity index (χ1n) is 7.63. The summed E-state index contributed by atoms with van der Waals surface area (Å²) in [6.07, 6.45) is 6.33. The third-order valence-corrected chi connectivity index (χ3v) is 4.36. The lowest BCUT2D eigenvalue weighted by Gasteiger charge is -2.22. The maximum atomic E-state index is 12.6. The van der Waals surface area contributed by atoms with E-state index < -0.39 is 0 Å². The largest absolute Gasteiger partial charge is 0.357 e. The lowest BCUT2D eigenvalue weighted by Crippen LogP contribution is -2.24. The topological polar surface area (TPSA) is 57.8 Å². The highest BCUT2D eigenvalue weighted by Crippen LogP contribution is 2.36. The number of hydrogen-bond acceptors (Lipinski definition) is 2. The van der Waals surface area contributed by atoms with E-state index in [1.165, 1.54) is 10.9 Å². The molecule has 1 amide bonds. The minimum atomic E-state index is -0.114. The molecule has 4 rings (SSSR count). The van der Waals surface area contributed by atoms with Crippen molar-refractivity contribution >= 4 is 22.5 Å². The Labute approximate surface area is 128 Å². The van der Waals surface area contributed by atoms with Crippen LogP contribution in [0.4, 0.5) is 5.69 Å². The molecule has 1 unspecified atom stereocenters. The van der Waals surface area contributed by atoms with Crippen molar-refractivity contribution in [2.45, 2.75) is 25.2 Å². The number of nitrogens with one attached hydrogen (secondary N) is 2. The summed E-state index contributed by atoms with van der Waals surface area (Å²) in [4.78, 5) is 20.1. The fourth-order valence-electron chi connectivity index (χ4n) is 3.34. The van der Waals surface area contributed by atoms with E-state index in [1.54, 1.807) is 12.4 Å². The van der Waals surface area contributed by atoms with E-state index in [2.05, 4.69) is 33.5 Å². The van der Waals surface area contributed by atoms with Crippen LogP contribution in [0.1, 0.15) is 30.0 Å². The van der Waals surface area contributed by atoms with Crippen molar-refractivity contribution in [3.05, 3.63) is 60.0 Å². The summed E-state index contributed by atoms with van der Waals surface area (Å²) < 4.78 is 0. The van der Waals surface area contributed by atoms with Crippen LogP contribution in [0.2, 0.25) is 0 Å². The molecule has 0 bridgehead atoms. The summed E-state index contributed by atoms with van der Waals surface area (Å²) in [7, 11) is 0. The number of nitrogens with zero attached hydrogens (tertiary/aromatic N) is 1. The summed E-state index contributed by atoms with van der Waals surface area (Å²) in [6, 6.07) is 12.0. The van der Waals surface area contributed by atoms with E-state index in [9.17, 15) is 4.79 Å². The van der Waals surface area contributed by atoms with Gasteiger partial charge in [0.1, 0.15) is 0 Å². The van der Waals surface area contributed by atoms with Crippen molar-refractivity contribution in [3.8, 4) is 0 Å². The van der Waals surface area contributed by atoms with Gasteiger partial charge in [-0.1, -0.05) is 18.2 Å². The smallest absolute Gasteiger partial charge is 0.233 e. The molecule has 1 aliphatic carbocycles. The van der Waals surface area contributed by atoms with Crippen molar-refractivity contribution in [2.75, 3.05) is 5.32 Å². The van der Waals surface area contributed by atoms with Gasteiger partial charge in [-0.2, -0.15) is 0 Å². The number of para-hydroxylation sites is 1. The molecule has 3 aromatic rings. The SMILES string of the molecule is O=C(Nc1cccnc1)C1CCCc2c1[nH]c1ccccc21. The normalized spacial score (nSPS) is 17.2. The van der Waals surface area contributed by atoms with Gasteiger partial charge in [0.05, 0.1) is 17.8 Å². The van der Waals surface area contributed by atoms with Gasteiger partial charge in [-0.05, 0) is 43.0 Å². The quantitative estimate of drug-likeness (QED) is 0.757. The number of pyridine rings is 1. The Hall–Kier alpha value is -2.62. The van der Waals surface area contributed by atoms with Gasteiger partial charge in [-0.3, -0.25) is 9.78 Å². The van der Waals surface area contributed by atoms with Crippen LogP contribution in [0.3, 0.4) is 0 Å². The Morgan fingerprint density at radius 2 is 2.14 bits per heavy atom. The maximum absolute atomic E-state index is 12.6. The van der Waals surface area contributed by atoms with Crippen LogP contribution in [0.5, 0.6) is 0 Å². The number of carbonyl (C=O) groups is 1. The first kappa shape index (κ1) is 13.1. The number of aryl methyl sites for hydroxylation is 1. The first-order chi connectivity index (χ1) is 10.8. The number of benzene rings is 1. The molecule has 1 atom stereocenters. The van der Waals surface area contributed by atoms with E-state index in [4.69, 9.17) is 0 Å². The van der Waals surface area contributed by atoms with Crippen LogP contribution < -0.4 is 5.32 Å². The second kappa shape index (κ2) is 5.30. The fourth-order valence-corrected chi connectivity index (χ4v) is 3.34. The second-order valence-corrected chi connectivity index (χ2v) is 5.74. The van der Waals surface area contributed by atoms with E-state index in [0.29, 0.717) is 0 Å². The van der Waals surface area contributed by atoms with Crippen LogP contribution in [0.15, 0.2) is 48.8 Å². The van der Waals surface area contributed by atoms with Crippen molar-refractivity contribution in [1.82, 2.24) is 9.97 Å². The van der Waals surface area contributed by atoms with Crippen LogP contribution in [0, 0.1) is 0 Å². The zero-order valence-electron chi connectivity index (χ0n) is 12.2. The second-order valence-electron chi connectivity index (χ2n) is 5.74. The highest BCUT2D eigenvalue weighted by atomic mass is 16.1. The van der Waals surface area contributed by atoms with Gasteiger partial charge in [0, 0.05) is 22.8 Å². The van der Waals surface area contributed by atoms with Gasteiger partial charge in [-0.15, -0.1) is 0 Å². The van der Waals surface area contributed by atoms with E-state index in [-0.39, 0.29) is 11.8 Å². The Morgan fingerprint density at radius 3 is 3.00 bits per heavy atom. The molecular formula is C18H17N3O. The number of hydrogen-bond donors (Lipinski definition) is 2. The molecule has 0 spiro atoms.